The van der Waals surface area contributed by atoms with Crippen LogP contribution in [0.3, 0.4) is 0 Å². The van der Waals surface area contributed by atoms with Crippen LogP contribution in [0.1, 0.15) is 79.1 Å². The van der Waals surface area contributed by atoms with Gasteiger partial charge in [-0.05, 0) is 24.7 Å². The van der Waals surface area contributed by atoms with E-state index in [4.69, 9.17) is 43.6 Å². The molecule has 196 valence electrons. The Morgan fingerprint density at radius 2 is 1.00 bits per heavy atom. The lowest BCUT2D eigenvalue weighted by atomic mass is 9.93. The van der Waals surface area contributed by atoms with Gasteiger partial charge in [0.25, 0.3) is 0 Å². The molecule has 0 heterocycles. The van der Waals surface area contributed by atoms with Crippen LogP contribution in [0.2, 0.25) is 0 Å². The lowest BCUT2D eigenvalue weighted by Crippen LogP contribution is -2.37. The number of rotatable bonds is 20. The standard InChI is InChI=1S/C16H36O5P2.C5H12O4/c1-15(2)11-7-5-9-13-19-23(21-22(17)18)20-14-10-6-8-12-16(3)4;6-1-5(2-7,3-8)4-9/h15-18H,5-14H2,1-4H3;6-9H,1-4H2. The van der Waals surface area contributed by atoms with Gasteiger partial charge >= 0.3 is 17.2 Å². The zero-order valence-electron chi connectivity index (χ0n) is 20.4. The molecule has 0 bridgehead atoms. The second-order valence-corrected chi connectivity index (χ2v) is 11.0. The van der Waals surface area contributed by atoms with E-state index in [9.17, 15) is 0 Å². The van der Waals surface area contributed by atoms with Gasteiger partial charge in [0.05, 0.1) is 45.1 Å². The van der Waals surface area contributed by atoms with Gasteiger partial charge in [-0.2, -0.15) is 0 Å². The Balaban J connectivity index is 0. The van der Waals surface area contributed by atoms with Crippen LogP contribution >= 0.6 is 17.2 Å². The van der Waals surface area contributed by atoms with E-state index in [0.717, 1.165) is 37.5 Å². The molecule has 0 atom stereocenters. The predicted molar refractivity (Wildman–Crippen MR) is 129 cm³/mol. The monoisotopic (exact) mass is 506 g/mol. The molecule has 0 amide bonds. The maximum atomic E-state index is 8.98. The summed E-state index contributed by atoms with van der Waals surface area (Å²) in [5.41, 5.74) is -1.11. The summed E-state index contributed by atoms with van der Waals surface area (Å²) in [4.78, 5) is 18.0. The Morgan fingerprint density at radius 3 is 1.25 bits per heavy atom. The molecule has 0 saturated heterocycles. The maximum Gasteiger partial charge on any atom is 0.339 e. The van der Waals surface area contributed by atoms with Gasteiger partial charge in [-0.25, -0.2) is 4.31 Å². The molecule has 9 nitrogen and oxygen atoms in total. The van der Waals surface area contributed by atoms with Gasteiger partial charge in [0, 0.05) is 0 Å². The Bertz CT molecular complexity index is 347. The molecule has 0 aliphatic heterocycles. The number of hydrogen-bond donors (Lipinski definition) is 6. The molecule has 0 rings (SSSR count). The van der Waals surface area contributed by atoms with Crippen molar-refractivity contribution in [1.29, 1.82) is 0 Å². The minimum atomic E-state index is -2.43. The number of aliphatic hydroxyl groups is 4. The fraction of sp³-hybridized carbons (Fsp3) is 1.00. The fourth-order valence-electron chi connectivity index (χ4n) is 2.39. The molecular formula is C21H48O9P2. The number of aliphatic hydroxyl groups excluding tert-OH is 4. The van der Waals surface area contributed by atoms with Crippen LogP contribution in [0.25, 0.3) is 0 Å². The summed E-state index contributed by atoms with van der Waals surface area (Å²) in [7, 11) is -4.07. The van der Waals surface area contributed by atoms with Gasteiger partial charge in [-0.15, -0.1) is 0 Å². The summed E-state index contributed by atoms with van der Waals surface area (Å²) in [5, 5.41) is 34.0. The average molecular weight is 507 g/mol. The maximum absolute atomic E-state index is 8.98. The van der Waals surface area contributed by atoms with E-state index in [1.54, 1.807) is 0 Å². The van der Waals surface area contributed by atoms with Gasteiger partial charge < -0.3 is 39.3 Å². The Kier molecular flexibility index (Phi) is 25.2. The molecule has 32 heavy (non-hydrogen) atoms. The van der Waals surface area contributed by atoms with Crippen LogP contribution in [0, 0.1) is 17.3 Å². The van der Waals surface area contributed by atoms with Gasteiger partial charge in [0.15, 0.2) is 0 Å². The molecule has 0 aliphatic carbocycles. The zero-order valence-corrected chi connectivity index (χ0v) is 22.1. The third kappa shape index (κ3) is 22.3. The normalized spacial score (nSPS) is 12.2. The number of hydrogen-bond acceptors (Lipinski definition) is 9. The van der Waals surface area contributed by atoms with Crippen molar-refractivity contribution in [2.45, 2.75) is 79.1 Å². The first kappa shape index (κ1) is 34.7. The minimum absolute atomic E-state index is 0.406. The molecule has 0 aromatic heterocycles. The largest absolute Gasteiger partial charge is 0.396 e. The Morgan fingerprint density at radius 1 is 0.625 bits per heavy atom. The summed E-state index contributed by atoms with van der Waals surface area (Å²) in [5.74, 6) is 1.48. The molecule has 0 unspecified atom stereocenters. The molecule has 0 aromatic rings. The predicted octanol–water partition coefficient (Wildman–Crippen LogP) is 3.85. The topological polar surface area (TPSA) is 149 Å². The summed E-state index contributed by atoms with van der Waals surface area (Å²) < 4.78 is 16.0. The number of unbranched alkanes of at least 4 members (excludes halogenated alkanes) is 4. The highest BCUT2D eigenvalue weighted by Gasteiger charge is 2.26. The summed E-state index contributed by atoms with van der Waals surface area (Å²) in [6.07, 6.45) is 8.98. The highest BCUT2D eigenvalue weighted by molar-refractivity contribution is 7.54. The average Bonchev–Trinajstić information content (AvgIpc) is 2.74. The first-order valence-corrected chi connectivity index (χ1v) is 13.8. The highest BCUT2D eigenvalue weighted by Crippen LogP contribution is 2.50. The Labute approximate surface area is 197 Å². The lowest BCUT2D eigenvalue weighted by Gasteiger charge is -2.23. The minimum Gasteiger partial charge on any atom is -0.396 e. The van der Waals surface area contributed by atoms with E-state index in [1.807, 2.05) is 0 Å². The van der Waals surface area contributed by atoms with Gasteiger partial charge in [0.2, 0.25) is 0 Å². The van der Waals surface area contributed by atoms with E-state index in [1.165, 1.54) is 25.7 Å². The molecule has 0 spiro atoms. The molecule has 0 aromatic carbocycles. The van der Waals surface area contributed by atoms with Crippen molar-refractivity contribution in [2.75, 3.05) is 39.6 Å². The first-order valence-electron chi connectivity index (χ1n) is 11.5. The van der Waals surface area contributed by atoms with Crippen molar-refractivity contribution in [3.63, 3.8) is 0 Å². The molecule has 11 heteroatoms. The van der Waals surface area contributed by atoms with Crippen molar-refractivity contribution in [3.8, 4) is 0 Å². The first-order chi connectivity index (χ1) is 15.2. The van der Waals surface area contributed by atoms with Crippen molar-refractivity contribution in [3.05, 3.63) is 0 Å². The van der Waals surface area contributed by atoms with Crippen molar-refractivity contribution >= 4 is 17.2 Å². The molecule has 0 aliphatic rings. The van der Waals surface area contributed by atoms with E-state index >= 15 is 0 Å². The van der Waals surface area contributed by atoms with Crippen molar-refractivity contribution in [1.82, 2.24) is 0 Å². The van der Waals surface area contributed by atoms with E-state index in [2.05, 4.69) is 27.7 Å². The second kappa shape index (κ2) is 23.3. The summed E-state index contributed by atoms with van der Waals surface area (Å²) in [6, 6.07) is 0. The third-order valence-electron chi connectivity index (χ3n) is 4.73. The van der Waals surface area contributed by atoms with Crippen molar-refractivity contribution in [2.24, 2.45) is 17.3 Å². The van der Waals surface area contributed by atoms with E-state index in [-0.39, 0.29) is 0 Å². The molecule has 0 radical (unpaired) electrons. The molecule has 0 fully saturated rings. The zero-order chi connectivity index (χ0) is 24.8. The lowest BCUT2D eigenvalue weighted by molar-refractivity contribution is -0.0328. The van der Waals surface area contributed by atoms with Crippen LogP contribution in [-0.2, 0) is 13.4 Å². The van der Waals surface area contributed by atoms with Crippen LogP contribution < -0.4 is 0 Å². The molecule has 6 N–H and O–H groups in total. The van der Waals surface area contributed by atoms with Gasteiger partial charge in [0.1, 0.15) is 0 Å². The van der Waals surface area contributed by atoms with Crippen molar-refractivity contribution < 1.29 is 43.6 Å². The second-order valence-electron chi connectivity index (χ2n) is 8.84. The third-order valence-corrected chi connectivity index (χ3v) is 6.63. The van der Waals surface area contributed by atoms with Crippen LogP contribution in [0.15, 0.2) is 0 Å². The molecule has 0 saturated carbocycles. The molecular weight excluding hydrogens is 458 g/mol. The van der Waals surface area contributed by atoms with E-state index < -0.39 is 49.0 Å². The highest BCUT2D eigenvalue weighted by atomic mass is 31.2. The smallest absolute Gasteiger partial charge is 0.339 e. The van der Waals surface area contributed by atoms with Crippen LogP contribution in [-0.4, -0.2) is 69.9 Å². The van der Waals surface area contributed by atoms with Crippen LogP contribution in [0.4, 0.5) is 0 Å². The quantitative estimate of drug-likeness (QED) is 0.107. The summed E-state index contributed by atoms with van der Waals surface area (Å²) >= 11 is 0. The van der Waals surface area contributed by atoms with Crippen LogP contribution in [0.5, 0.6) is 0 Å². The van der Waals surface area contributed by atoms with E-state index in [0.29, 0.717) is 13.2 Å². The van der Waals surface area contributed by atoms with Gasteiger partial charge in [-0.1, -0.05) is 66.2 Å². The van der Waals surface area contributed by atoms with Gasteiger partial charge in [-0.3, -0.25) is 0 Å². The Hall–Kier alpha value is 0.500. The fourth-order valence-corrected chi connectivity index (χ4v) is 3.87. The SMILES string of the molecule is CC(C)CCCCCOP(OCCCCCC(C)C)OP(O)O.OCC(CO)(CO)CO. The summed E-state index contributed by atoms with van der Waals surface area (Å²) in [6.45, 7) is 8.36.